The van der Waals surface area contributed by atoms with Gasteiger partial charge in [0.1, 0.15) is 0 Å². The van der Waals surface area contributed by atoms with Gasteiger partial charge in [0.25, 0.3) is 0 Å². The van der Waals surface area contributed by atoms with Crippen molar-refractivity contribution in [2.75, 3.05) is 6.61 Å². The van der Waals surface area contributed by atoms with Crippen molar-refractivity contribution in [3.63, 3.8) is 0 Å². The minimum atomic E-state index is -1.48. The van der Waals surface area contributed by atoms with E-state index in [-0.39, 0.29) is 0 Å². The van der Waals surface area contributed by atoms with Crippen molar-refractivity contribution in [1.29, 1.82) is 0 Å². The Hall–Kier alpha value is 0.177. The quantitative estimate of drug-likeness (QED) is 0.487. The fraction of sp³-hybridized carbons (Fsp3) is 1.00. The Morgan fingerprint density at radius 3 is 2.00 bits per heavy atom. The van der Waals surface area contributed by atoms with Gasteiger partial charge in [0.15, 0.2) is 8.32 Å². The summed E-state index contributed by atoms with van der Waals surface area (Å²) in [5, 5.41) is 0.352. The van der Waals surface area contributed by atoms with Gasteiger partial charge in [0.2, 0.25) is 0 Å². The van der Waals surface area contributed by atoms with Gasteiger partial charge in [0.05, 0.1) is 0 Å². The predicted octanol–water partition coefficient (Wildman–Crippen LogP) is 4.44. The Morgan fingerprint density at radius 2 is 1.64 bits per heavy atom. The molecule has 0 atom stereocenters. The zero-order valence-electron chi connectivity index (χ0n) is 11.1. The fourth-order valence-electron chi connectivity index (χ4n) is 1.04. The highest BCUT2D eigenvalue weighted by Gasteiger charge is 2.36. The van der Waals surface area contributed by atoms with Crippen LogP contribution in [0.1, 0.15) is 47.5 Å². The third-order valence-corrected chi connectivity index (χ3v) is 7.73. The molecule has 0 bridgehead atoms. The van der Waals surface area contributed by atoms with Gasteiger partial charge in [-0.25, -0.2) is 0 Å². The van der Waals surface area contributed by atoms with Crippen LogP contribution in [-0.2, 0) is 4.43 Å². The van der Waals surface area contributed by atoms with Crippen molar-refractivity contribution in [3.8, 4) is 0 Å². The number of hydrogen-bond acceptors (Lipinski definition) is 1. The molecule has 0 unspecified atom stereocenters. The second kappa shape index (κ2) is 5.31. The molecule has 0 aromatic rings. The maximum absolute atomic E-state index is 6.08. The van der Waals surface area contributed by atoms with Gasteiger partial charge in [-0.15, -0.1) is 0 Å². The molecule has 0 aromatic carbocycles. The van der Waals surface area contributed by atoms with E-state index in [2.05, 4.69) is 47.7 Å². The topological polar surface area (TPSA) is 9.23 Å². The molecule has 86 valence electrons. The van der Waals surface area contributed by atoms with Crippen molar-refractivity contribution in [1.82, 2.24) is 0 Å². The molecule has 0 aliphatic carbocycles. The van der Waals surface area contributed by atoms with Crippen LogP contribution in [0.25, 0.3) is 0 Å². The van der Waals surface area contributed by atoms with Gasteiger partial charge in [-0.3, -0.25) is 0 Å². The van der Waals surface area contributed by atoms with Crippen molar-refractivity contribution in [2.45, 2.75) is 65.6 Å². The molecule has 0 aromatic heterocycles. The number of rotatable bonds is 5. The molecule has 0 saturated carbocycles. The molecule has 0 N–H and O–H groups in total. The lowest BCUT2D eigenvalue weighted by Gasteiger charge is -2.36. The first-order valence-corrected chi connectivity index (χ1v) is 8.71. The smallest absolute Gasteiger partial charge is 0.191 e. The average molecular weight is 216 g/mol. The zero-order chi connectivity index (χ0) is 11.4. The summed E-state index contributed by atoms with van der Waals surface area (Å²) in [6.07, 6.45) is 2.50. The standard InChI is InChI=1S/C12H28OSi/c1-11(2)9-8-10-13-14(6,7)12(3,4)5/h11H,8-10H2,1-7H3. The minimum absolute atomic E-state index is 0.352. The molecule has 0 spiro atoms. The van der Waals surface area contributed by atoms with Crippen LogP contribution >= 0.6 is 0 Å². The highest BCUT2D eigenvalue weighted by atomic mass is 28.4. The molecule has 0 saturated heterocycles. The molecular formula is C12H28OSi. The van der Waals surface area contributed by atoms with Crippen LogP contribution in [0.4, 0.5) is 0 Å². The van der Waals surface area contributed by atoms with E-state index in [1.807, 2.05) is 0 Å². The zero-order valence-corrected chi connectivity index (χ0v) is 12.1. The molecule has 0 rings (SSSR count). The highest BCUT2D eigenvalue weighted by Crippen LogP contribution is 2.36. The predicted molar refractivity (Wildman–Crippen MR) is 67.2 cm³/mol. The van der Waals surface area contributed by atoms with Crippen LogP contribution in [0.5, 0.6) is 0 Å². The van der Waals surface area contributed by atoms with Crippen LogP contribution < -0.4 is 0 Å². The minimum Gasteiger partial charge on any atom is -0.417 e. The van der Waals surface area contributed by atoms with Gasteiger partial charge >= 0.3 is 0 Å². The first-order chi connectivity index (χ1) is 6.17. The number of hydrogen-bond donors (Lipinski definition) is 0. The van der Waals surface area contributed by atoms with E-state index in [9.17, 15) is 0 Å². The van der Waals surface area contributed by atoms with Crippen LogP contribution in [0, 0.1) is 5.92 Å². The Bertz CT molecular complexity index is 156. The van der Waals surface area contributed by atoms with Crippen LogP contribution in [-0.4, -0.2) is 14.9 Å². The lowest BCUT2D eigenvalue weighted by molar-refractivity contribution is 0.272. The summed E-state index contributed by atoms with van der Waals surface area (Å²) in [7, 11) is -1.48. The van der Waals surface area contributed by atoms with E-state index in [1.165, 1.54) is 12.8 Å². The second-order valence-corrected chi connectivity index (χ2v) is 11.0. The summed E-state index contributed by atoms with van der Waals surface area (Å²) >= 11 is 0. The SMILES string of the molecule is CC(C)CCCO[Si](C)(C)C(C)(C)C. The summed E-state index contributed by atoms with van der Waals surface area (Å²) in [6, 6.07) is 0. The Labute approximate surface area is 91.4 Å². The molecule has 1 nitrogen and oxygen atoms in total. The lowest BCUT2D eigenvalue weighted by Crippen LogP contribution is -2.40. The van der Waals surface area contributed by atoms with Gasteiger partial charge in [-0.1, -0.05) is 34.6 Å². The maximum Gasteiger partial charge on any atom is 0.191 e. The summed E-state index contributed by atoms with van der Waals surface area (Å²) in [4.78, 5) is 0. The third kappa shape index (κ3) is 5.16. The monoisotopic (exact) mass is 216 g/mol. The van der Waals surface area contributed by atoms with Crippen molar-refractivity contribution < 1.29 is 4.43 Å². The molecular weight excluding hydrogens is 188 g/mol. The average Bonchev–Trinajstić information content (AvgIpc) is 1.95. The first-order valence-electron chi connectivity index (χ1n) is 5.81. The van der Waals surface area contributed by atoms with E-state index in [0.717, 1.165) is 12.5 Å². The Kier molecular flexibility index (Phi) is 5.38. The molecule has 2 heteroatoms. The van der Waals surface area contributed by atoms with E-state index in [0.29, 0.717) is 5.04 Å². The fourth-order valence-corrected chi connectivity index (χ4v) is 2.12. The summed E-state index contributed by atoms with van der Waals surface area (Å²) in [5.41, 5.74) is 0. The van der Waals surface area contributed by atoms with E-state index in [4.69, 9.17) is 4.43 Å². The van der Waals surface area contributed by atoms with Gasteiger partial charge in [-0.05, 0) is 36.9 Å². The van der Waals surface area contributed by atoms with E-state index in [1.54, 1.807) is 0 Å². The van der Waals surface area contributed by atoms with E-state index >= 15 is 0 Å². The molecule has 0 heterocycles. The largest absolute Gasteiger partial charge is 0.417 e. The molecule has 0 aliphatic heterocycles. The summed E-state index contributed by atoms with van der Waals surface area (Å²) in [6.45, 7) is 17.0. The van der Waals surface area contributed by atoms with Crippen molar-refractivity contribution in [2.24, 2.45) is 5.92 Å². The Balaban J connectivity index is 3.78. The van der Waals surface area contributed by atoms with Crippen LogP contribution in [0.2, 0.25) is 18.1 Å². The van der Waals surface area contributed by atoms with Gasteiger partial charge in [0, 0.05) is 6.61 Å². The second-order valence-electron chi connectivity index (χ2n) is 6.14. The Morgan fingerprint density at radius 1 is 1.14 bits per heavy atom. The van der Waals surface area contributed by atoms with Crippen molar-refractivity contribution >= 4 is 8.32 Å². The molecule has 0 radical (unpaired) electrons. The highest BCUT2D eigenvalue weighted by molar-refractivity contribution is 6.74. The van der Waals surface area contributed by atoms with Crippen LogP contribution in [0.15, 0.2) is 0 Å². The maximum atomic E-state index is 6.08. The summed E-state index contributed by atoms with van der Waals surface area (Å²) in [5.74, 6) is 0.804. The molecule has 14 heavy (non-hydrogen) atoms. The lowest BCUT2D eigenvalue weighted by atomic mass is 10.1. The van der Waals surface area contributed by atoms with E-state index < -0.39 is 8.32 Å². The molecule has 0 amide bonds. The van der Waals surface area contributed by atoms with Crippen LogP contribution in [0.3, 0.4) is 0 Å². The third-order valence-electron chi connectivity index (χ3n) is 3.19. The first kappa shape index (κ1) is 14.2. The molecule has 0 fully saturated rings. The summed E-state index contributed by atoms with van der Waals surface area (Å²) < 4.78 is 6.08. The van der Waals surface area contributed by atoms with Gasteiger partial charge in [-0.2, -0.15) is 0 Å². The van der Waals surface area contributed by atoms with Crippen molar-refractivity contribution in [3.05, 3.63) is 0 Å². The normalized spacial score (nSPS) is 13.7. The van der Waals surface area contributed by atoms with Gasteiger partial charge < -0.3 is 4.43 Å². The molecule has 0 aliphatic rings.